The number of rotatable bonds is 3. The van der Waals surface area contributed by atoms with Crippen LogP contribution in [0.25, 0.3) is 0 Å². The summed E-state index contributed by atoms with van der Waals surface area (Å²) in [6.45, 7) is 0. The van der Waals surface area contributed by atoms with Gasteiger partial charge in [0.15, 0.2) is 0 Å². The Hall–Kier alpha value is 0.0200. The van der Waals surface area contributed by atoms with E-state index >= 15 is 0 Å². The van der Waals surface area contributed by atoms with E-state index in [-0.39, 0.29) is 11.9 Å². The van der Waals surface area contributed by atoms with Gasteiger partial charge in [0.05, 0.1) is 10.5 Å². The van der Waals surface area contributed by atoms with E-state index in [1.54, 1.807) is 12.1 Å². The van der Waals surface area contributed by atoms with Crippen LogP contribution in [-0.2, 0) is 0 Å². The van der Waals surface area contributed by atoms with Crippen LogP contribution in [0.15, 0.2) is 45.3 Å². The Bertz CT molecular complexity index is 602. The topological polar surface area (TPSA) is 12.0 Å². The molecule has 1 unspecified atom stereocenters. The molecule has 0 amide bonds. The maximum Gasteiger partial charge on any atom is 0.142 e. The smallest absolute Gasteiger partial charge is 0.142 e. The standard InChI is InChI=1S/C14H11Br2FIN/c1-19-14(9-3-2-4-11(16)13(9)17)10-7-8(15)5-6-12(10)18/h2-7,14,19H,1H3. The highest BCUT2D eigenvalue weighted by molar-refractivity contribution is 14.1. The van der Waals surface area contributed by atoms with Crippen molar-refractivity contribution in [1.29, 1.82) is 0 Å². The van der Waals surface area contributed by atoms with Gasteiger partial charge < -0.3 is 5.32 Å². The van der Waals surface area contributed by atoms with Crippen molar-refractivity contribution in [3.05, 3.63) is 65.9 Å². The van der Waals surface area contributed by atoms with E-state index in [4.69, 9.17) is 0 Å². The number of hydrogen-bond acceptors (Lipinski definition) is 1. The van der Waals surface area contributed by atoms with Gasteiger partial charge in [-0.1, -0.05) is 28.1 Å². The summed E-state index contributed by atoms with van der Waals surface area (Å²) in [5, 5.41) is 3.18. The average Bonchev–Trinajstić information content (AvgIpc) is 2.39. The van der Waals surface area contributed by atoms with Crippen LogP contribution in [0.3, 0.4) is 0 Å². The summed E-state index contributed by atoms with van der Waals surface area (Å²) in [6, 6.07) is 11.2. The predicted octanol–water partition coefficient (Wildman–Crippen LogP) is 5.26. The lowest BCUT2D eigenvalue weighted by atomic mass is 9.98. The van der Waals surface area contributed by atoms with Gasteiger partial charge in [-0.25, -0.2) is 4.39 Å². The second-order valence-corrected chi connectivity index (χ2v) is 6.96. The van der Waals surface area contributed by atoms with Gasteiger partial charge in [-0.05, 0) is 75.4 Å². The first-order valence-corrected chi connectivity index (χ1v) is 8.27. The molecule has 0 saturated carbocycles. The Morgan fingerprint density at radius 1 is 1.16 bits per heavy atom. The van der Waals surface area contributed by atoms with E-state index in [1.165, 1.54) is 0 Å². The zero-order valence-corrected chi connectivity index (χ0v) is 15.4. The molecule has 0 bridgehead atoms. The first-order chi connectivity index (χ1) is 9.04. The van der Waals surface area contributed by atoms with Crippen LogP contribution in [0, 0.1) is 9.39 Å². The first kappa shape index (κ1) is 15.4. The third-order valence-electron chi connectivity index (χ3n) is 2.85. The molecule has 1 N–H and O–H groups in total. The monoisotopic (exact) mass is 497 g/mol. The Morgan fingerprint density at radius 2 is 1.89 bits per heavy atom. The average molecular weight is 499 g/mol. The fourth-order valence-electron chi connectivity index (χ4n) is 1.96. The van der Waals surface area contributed by atoms with Gasteiger partial charge in [-0.3, -0.25) is 0 Å². The Labute approximate surface area is 142 Å². The maximum absolute atomic E-state index is 14.3. The van der Waals surface area contributed by atoms with Gasteiger partial charge in [-0.2, -0.15) is 0 Å². The van der Waals surface area contributed by atoms with Crippen LogP contribution in [-0.4, -0.2) is 7.05 Å². The van der Waals surface area contributed by atoms with Crippen molar-refractivity contribution in [2.24, 2.45) is 0 Å². The molecule has 1 nitrogen and oxygen atoms in total. The van der Waals surface area contributed by atoms with Crippen LogP contribution in [0.2, 0.25) is 0 Å². The van der Waals surface area contributed by atoms with E-state index in [1.807, 2.05) is 31.3 Å². The van der Waals surface area contributed by atoms with E-state index in [0.717, 1.165) is 13.6 Å². The third-order valence-corrected chi connectivity index (χ3v) is 4.94. The first-order valence-electron chi connectivity index (χ1n) is 5.60. The molecule has 0 spiro atoms. The van der Waals surface area contributed by atoms with Crippen LogP contribution in [0.5, 0.6) is 0 Å². The molecular weight excluding hydrogens is 488 g/mol. The van der Waals surface area contributed by atoms with Crippen LogP contribution >= 0.6 is 54.5 Å². The van der Waals surface area contributed by atoms with Gasteiger partial charge in [0.2, 0.25) is 0 Å². The largest absolute Gasteiger partial charge is 0.309 e. The fourth-order valence-corrected chi connectivity index (χ4v) is 3.37. The molecule has 0 aliphatic carbocycles. The van der Waals surface area contributed by atoms with Crippen molar-refractivity contribution < 1.29 is 4.39 Å². The Morgan fingerprint density at radius 3 is 2.58 bits per heavy atom. The lowest BCUT2D eigenvalue weighted by Crippen LogP contribution is -2.20. The number of hydrogen-bond donors (Lipinski definition) is 1. The minimum atomic E-state index is -0.224. The second kappa shape index (κ2) is 6.65. The van der Waals surface area contributed by atoms with Crippen molar-refractivity contribution >= 4 is 54.5 Å². The fraction of sp³-hybridized carbons (Fsp3) is 0.143. The highest BCUT2D eigenvalue weighted by Gasteiger charge is 2.19. The molecule has 0 radical (unpaired) electrons. The van der Waals surface area contributed by atoms with E-state index < -0.39 is 0 Å². The zero-order chi connectivity index (χ0) is 14.0. The van der Waals surface area contributed by atoms with Crippen LogP contribution in [0.4, 0.5) is 4.39 Å². The Kier molecular flexibility index (Phi) is 5.39. The van der Waals surface area contributed by atoms with Gasteiger partial charge in [0.25, 0.3) is 0 Å². The van der Waals surface area contributed by atoms with Crippen molar-refractivity contribution in [3.63, 3.8) is 0 Å². The normalized spacial score (nSPS) is 12.5. The minimum absolute atomic E-state index is 0.179. The van der Waals surface area contributed by atoms with Gasteiger partial charge in [0, 0.05) is 13.6 Å². The highest BCUT2D eigenvalue weighted by atomic mass is 127. The Balaban J connectivity index is 2.56. The SMILES string of the molecule is CNC(c1cc(Br)ccc1I)c1cccc(Br)c1F. The molecule has 2 rings (SSSR count). The summed E-state index contributed by atoms with van der Waals surface area (Å²) in [5.74, 6) is -0.224. The van der Waals surface area contributed by atoms with E-state index in [0.29, 0.717) is 10.0 Å². The van der Waals surface area contributed by atoms with Crippen molar-refractivity contribution in [2.45, 2.75) is 6.04 Å². The molecule has 1 atom stereocenters. The number of nitrogens with one attached hydrogen (secondary N) is 1. The molecule has 19 heavy (non-hydrogen) atoms. The molecular formula is C14H11Br2FIN. The van der Waals surface area contributed by atoms with Gasteiger partial charge >= 0.3 is 0 Å². The predicted molar refractivity (Wildman–Crippen MR) is 91.9 cm³/mol. The van der Waals surface area contributed by atoms with Crippen molar-refractivity contribution in [3.8, 4) is 0 Å². The van der Waals surface area contributed by atoms with Crippen molar-refractivity contribution in [2.75, 3.05) is 7.05 Å². The maximum atomic E-state index is 14.3. The molecule has 2 aromatic rings. The summed E-state index contributed by atoms with van der Waals surface area (Å²) >= 11 is 8.97. The quantitative estimate of drug-likeness (QED) is 0.569. The van der Waals surface area contributed by atoms with Gasteiger partial charge in [-0.15, -0.1) is 0 Å². The summed E-state index contributed by atoms with van der Waals surface area (Å²) in [7, 11) is 1.84. The van der Waals surface area contributed by atoms with Crippen molar-refractivity contribution in [1.82, 2.24) is 5.32 Å². The molecule has 5 heteroatoms. The molecule has 0 heterocycles. The number of benzene rings is 2. The zero-order valence-electron chi connectivity index (χ0n) is 10.1. The van der Waals surface area contributed by atoms with E-state index in [2.05, 4.69) is 59.8 Å². The number of halogens is 4. The van der Waals surface area contributed by atoms with Crippen LogP contribution < -0.4 is 5.32 Å². The summed E-state index contributed by atoms with van der Waals surface area (Å²) < 4.78 is 16.8. The van der Waals surface area contributed by atoms with Gasteiger partial charge in [0.1, 0.15) is 5.82 Å². The molecule has 0 aromatic heterocycles. The second-order valence-electron chi connectivity index (χ2n) is 4.03. The molecule has 0 aliphatic heterocycles. The summed E-state index contributed by atoms with van der Waals surface area (Å²) in [4.78, 5) is 0. The lowest BCUT2D eigenvalue weighted by Gasteiger charge is -2.20. The molecule has 0 fully saturated rings. The molecule has 0 saturated heterocycles. The molecule has 0 aliphatic rings. The van der Waals surface area contributed by atoms with E-state index in [9.17, 15) is 4.39 Å². The lowest BCUT2D eigenvalue weighted by molar-refractivity contribution is 0.570. The highest BCUT2D eigenvalue weighted by Crippen LogP contribution is 2.32. The molecule has 2 aromatic carbocycles. The minimum Gasteiger partial charge on any atom is -0.309 e. The van der Waals surface area contributed by atoms with Crippen LogP contribution in [0.1, 0.15) is 17.2 Å². The molecule has 100 valence electrons. The summed E-state index contributed by atoms with van der Waals surface area (Å²) in [6.07, 6.45) is 0. The third kappa shape index (κ3) is 3.37. The summed E-state index contributed by atoms with van der Waals surface area (Å²) in [5.41, 5.74) is 1.68.